The van der Waals surface area contributed by atoms with E-state index < -0.39 is 11.9 Å². The van der Waals surface area contributed by atoms with Crippen molar-refractivity contribution in [3.8, 4) is 0 Å². The van der Waals surface area contributed by atoms with E-state index in [0.29, 0.717) is 17.0 Å². The zero-order valence-electron chi connectivity index (χ0n) is 11.2. The van der Waals surface area contributed by atoms with Crippen LogP contribution in [0.1, 0.15) is 22.3 Å². The first-order valence-corrected chi connectivity index (χ1v) is 6.82. The average Bonchev–Trinajstić information content (AvgIpc) is 2.52. The van der Waals surface area contributed by atoms with Gasteiger partial charge in [0.05, 0.1) is 6.42 Å². The highest BCUT2D eigenvalue weighted by atomic mass is 35.5. The van der Waals surface area contributed by atoms with Crippen LogP contribution in [0.15, 0.2) is 54.6 Å². The van der Waals surface area contributed by atoms with Crippen molar-refractivity contribution < 1.29 is 14.4 Å². The lowest BCUT2D eigenvalue weighted by atomic mass is 10.1. The van der Waals surface area contributed by atoms with Crippen LogP contribution in [0.5, 0.6) is 0 Å². The SMILES string of the molecule is O=C(CCc1ccccc1)ONC(=O)c1ccc(Cl)cc1. The van der Waals surface area contributed by atoms with Crippen LogP contribution in [0.4, 0.5) is 0 Å². The number of carbonyl (C=O) groups is 2. The number of hydrogen-bond acceptors (Lipinski definition) is 3. The summed E-state index contributed by atoms with van der Waals surface area (Å²) in [6.45, 7) is 0. The Kier molecular flexibility index (Phi) is 5.35. The molecule has 108 valence electrons. The summed E-state index contributed by atoms with van der Waals surface area (Å²) in [6, 6.07) is 15.9. The number of hydroxylamine groups is 1. The molecule has 0 saturated heterocycles. The average molecular weight is 304 g/mol. The summed E-state index contributed by atoms with van der Waals surface area (Å²) >= 11 is 5.73. The predicted molar refractivity (Wildman–Crippen MR) is 79.8 cm³/mol. The van der Waals surface area contributed by atoms with Gasteiger partial charge in [0.1, 0.15) is 0 Å². The fraction of sp³-hybridized carbons (Fsp3) is 0.125. The summed E-state index contributed by atoms with van der Waals surface area (Å²) in [6.07, 6.45) is 0.765. The Morgan fingerprint density at radius 1 is 1.00 bits per heavy atom. The lowest BCUT2D eigenvalue weighted by molar-refractivity contribution is -0.148. The van der Waals surface area contributed by atoms with Gasteiger partial charge in [-0.05, 0) is 36.2 Å². The van der Waals surface area contributed by atoms with Gasteiger partial charge >= 0.3 is 5.97 Å². The van der Waals surface area contributed by atoms with E-state index in [2.05, 4.69) is 5.48 Å². The molecule has 0 atom stereocenters. The van der Waals surface area contributed by atoms with Crippen molar-refractivity contribution in [3.05, 3.63) is 70.7 Å². The predicted octanol–water partition coefficient (Wildman–Crippen LogP) is 3.16. The molecule has 1 N–H and O–H groups in total. The summed E-state index contributed by atoms with van der Waals surface area (Å²) in [5.74, 6) is -0.971. The van der Waals surface area contributed by atoms with Gasteiger partial charge in [-0.3, -0.25) is 4.79 Å². The quantitative estimate of drug-likeness (QED) is 0.883. The third kappa shape index (κ3) is 4.93. The number of nitrogens with one attached hydrogen (secondary N) is 1. The molecular weight excluding hydrogens is 290 g/mol. The van der Waals surface area contributed by atoms with Crippen LogP contribution in [-0.2, 0) is 16.1 Å². The second-order valence-corrected chi connectivity index (χ2v) is 4.83. The number of halogens is 1. The molecule has 0 radical (unpaired) electrons. The number of hydrogen-bond donors (Lipinski definition) is 1. The number of carbonyl (C=O) groups excluding carboxylic acids is 2. The molecule has 1 amide bonds. The Hall–Kier alpha value is -2.33. The van der Waals surface area contributed by atoms with E-state index in [-0.39, 0.29) is 6.42 Å². The Morgan fingerprint density at radius 2 is 1.67 bits per heavy atom. The van der Waals surface area contributed by atoms with Crippen LogP contribution in [0.25, 0.3) is 0 Å². The first kappa shape index (κ1) is 15.1. The normalized spacial score (nSPS) is 9.95. The minimum Gasteiger partial charge on any atom is -0.341 e. The third-order valence-electron chi connectivity index (χ3n) is 2.82. The molecular formula is C16H14ClNO3. The van der Waals surface area contributed by atoms with Crippen LogP contribution in [0.2, 0.25) is 5.02 Å². The van der Waals surface area contributed by atoms with Gasteiger partial charge in [0.15, 0.2) is 0 Å². The fourth-order valence-corrected chi connectivity index (χ4v) is 1.83. The zero-order chi connectivity index (χ0) is 15.1. The second kappa shape index (κ2) is 7.45. The maximum atomic E-state index is 11.7. The molecule has 4 nitrogen and oxygen atoms in total. The Bertz CT molecular complexity index is 611. The standard InChI is InChI=1S/C16H14ClNO3/c17-14-9-7-13(8-10-14)16(20)18-21-15(19)11-6-12-4-2-1-3-5-12/h1-5,7-10H,6,11H2,(H,18,20). The molecule has 0 spiro atoms. The largest absolute Gasteiger partial charge is 0.341 e. The molecule has 0 fully saturated rings. The molecule has 0 unspecified atom stereocenters. The Labute approximate surface area is 127 Å². The van der Waals surface area contributed by atoms with E-state index in [0.717, 1.165) is 5.56 Å². The summed E-state index contributed by atoms with van der Waals surface area (Å²) in [4.78, 5) is 28.0. The van der Waals surface area contributed by atoms with Gasteiger partial charge in [-0.1, -0.05) is 41.9 Å². The zero-order valence-corrected chi connectivity index (χ0v) is 12.0. The molecule has 0 aliphatic heterocycles. The first-order chi connectivity index (χ1) is 10.1. The van der Waals surface area contributed by atoms with Crippen LogP contribution >= 0.6 is 11.6 Å². The van der Waals surface area contributed by atoms with Crippen molar-refractivity contribution in [3.63, 3.8) is 0 Å². The van der Waals surface area contributed by atoms with Crippen molar-refractivity contribution in [2.45, 2.75) is 12.8 Å². The summed E-state index contributed by atoms with van der Waals surface area (Å²) in [7, 11) is 0. The van der Waals surface area contributed by atoms with Crippen molar-refractivity contribution in [2.24, 2.45) is 0 Å². The van der Waals surface area contributed by atoms with Gasteiger partial charge < -0.3 is 4.84 Å². The molecule has 0 aliphatic rings. The molecule has 0 bridgehead atoms. The van der Waals surface area contributed by atoms with Crippen LogP contribution in [-0.4, -0.2) is 11.9 Å². The number of benzene rings is 2. The lowest BCUT2D eigenvalue weighted by Gasteiger charge is -2.06. The van der Waals surface area contributed by atoms with Crippen LogP contribution in [0.3, 0.4) is 0 Å². The van der Waals surface area contributed by atoms with Crippen molar-refractivity contribution in [1.82, 2.24) is 5.48 Å². The first-order valence-electron chi connectivity index (χ1n) is 6.44. The van der Waals surface area contributed by atoms with Gasteiger partial charge in [-0.2, -0.15) is 5.48 Å². The minimum absolute atomic E-state index is 0.199. The van der Waals surface area contributed by atoms with Crippen molar-refractivity contribution in [2.75, 3.05) is 0 Å². The highest BCUT2D eigenvalue weighted by Gasteiger charge is 2.09. The molecule has 2 rings (SSSR count). The van der Waals surface area contributed by atoms with E-state index in [1.54, 1.807) is 24.3 Å². The maximum Gasteiger partial charge on any atom is 0.332 e. The highest BCUT2D eigenvalue weighted by Crippen LogP contribution is 2.09. The van der Waals surface area contributed by atoms with Crippen molar-refractivity contribution >= 4 is 23.5 Å². The molecule has 0 saturated carbocycles. The molecule has 5 heteroatoms. The van der Waals surface area contributed by atoms with Crippen molar-refractivity contribution in [1.29, 1.82) is 0 Å². The summed E-state index contributed by atoms with van der Waals surface area (Å²) < 4.78 is 0. The minimum atomic E-state index is -0.486. The van der Waals surface area contributed by atoms with E-state index in [9.17, 15) is 9.59 Å². The summed E-state index contributed by atoms with van der Waals surface area (Å²) in [5, 5.41) is 0.534. The van der Waals surface area contributed by atoms with Crippen LogP contribution in [0, 0.1) is 0 Å². The molecule has 2 aromatic rings. The number of aryl methyl sites for hydroxylation is 1. The number of amides is 1. The highest BCUT2D eigenvalue weighted by molar-refractivity contribution is 6.30. The smallest absolute Gasteiger partial charge is 0.332 e. The molecule has 0 heterocycles. The van der Waals surface area contributed by atoms with Gasteiger partial charge in [-0.15, -0.1) is 0 Å². The summed E-state index contributed by atoms with van der Waals surface area (Å²) in [5.41, 5.74) is 3.53. The van der Waals surface area contributed by atoms with Gasteiger partial charge in [0, 0.05) is 10.6 Å². The fourth-order valence-electron chi connectivity index (χ4n) is 1.71. The van der Waals surface area contributed by atoms with E-state index in [1.807, 2.05) is 30.3 Å². The Morgan fingerprint density at radius 3 is 2.33 bits per heavy atom. The lowest BCUT2D eigenvalue weighted by Crippen LogP contribution is -2.27. The van der Waals surface area contributed by atoms with E-state index in [4.69, 9.17) is 16.4 Å². The van der Waals surface area contributed by atoms with E-state index in [1.165, 1.54) is 0 Å². The monoisotopic (exact) mass is 303 g/mol. The number of rotatable bonds is 4. The third-order valence-corrected chi connectivity index (χ3v) is 3.08. The van der Waals surface area contributed by atoms with Gasteiger partial charge in [0.25, 0.3) is 5.91 Å². The molecule has 21 heavy (non-hydrogen) atoms. The topological polar surface area (TPSA) is 55.4 Å². The van der Waals surface area contributed by atoms with Crippen LogP contribution < -0.4 is 5.48 Å². The van der Waals surface area contributed by atoms with Gasteiger partial charge in [0.2, 0.25) is 0 Å². The maximum absolute atomic E-state index is 11.7. The van der Waals surface area contributed by atoms with Gasteiger partial charge in [-0.25, -0.2) is 4.79 Å². The molecule has 0 aromatic heterocycles. The Balaban J connectivity index is 1.76. The molecule has 2 aromatic carbocycles. The molecule has 0 aliphatic carbocycles. The second-order valence-electron chi connectivity index (χ2n) is 4.40. The van der Waals surface area contributed by atoms with E-state index >= 15 is 0 Å².